The molecule has 0 aliphatic heterocycles. The van der Waals surface area contributed by atoms with Crippen molar-refractivity contribution in [2.24, 2.45) is 11.5 Å². The van der Waals surface area contributed by atoms with E-state index in [1.165, 1.54) is 9.75 Å². The molecule has 3 rings (SSSR count). The topological polar surface area (TPSA) is 110 Å². The fourth-order valence-electron chi connectivity index (χ4n) is 3.70. The van der Waals surface area contributed by atoms with Crippen LogP contribution in [0.1, 0.15) is 39.8 Å². The summed E-state index contributed by atoms with van der Waals surface area (Å²) in [5.74, 6) is -0.598. The predicted octanol–water partition coefficient (Wildman–Crippen LogP) is 3.12. The van der Waals surface area contributed by atoms with Gasteiger partial charge in [-0.15, -0.1) is 11.3 Å². The van der Waals surface area contributed by atoms with Crippen LogP contribution in [0.2, 0.25) is 0 Å². The van der Waals surface area contributed by atoms with Gasteiger partial charge in [-0.1, -0.05) is 60.7 Å². The van der Waals surface area contributed by atoms with Crippen molar-refractivity contribution >= 4 is 23.2 Å². The monoisotopic (exact) mass is 478 g/mol. The Hall–Kier alpha value is -3.00. The van der Waals surface area contributed by atoms with Gasteiger partial charge in [-0.3, -0.25) is 9.59 Å². The number of aryl methyl sites for hydroxylation is 1. The number of thiophene rings is 1. The number of hydrogen-bond donors (Lipinski definition) is 4. The molecule has 2 aromatic carbocycles. The third kappa shape index (κ3) is 8.09. The molecule has 0 saturated heterocycles. The highest BCUT2D eigenvalue weighted by Gasteiger charge is 2.25. The molecule has 0 saturated carbocycles. The summed E-state index contributed by atoms with van der Waals surface area (Å²) in [7, 11) is 0. The number of carbonyl (C=O) groups is 2. The Morgan fingerprint density at radius 1 is 0.824 bits per heavy atom. The third-order valence-corrected chi connectivity index (χ3v) is 6.79. The highest BCUT2D eigenvalue weighted by molar-refractivity contribution is 7.12. The first-order valence-electron chi connectivity index (χ1n) is 11.8. The molecular weight excluding hydrogens is 444 g/mol. The van der Waals surface area contributed by atoms with Crippen molar-refractivity contribution in [1.82, 2.24) is 10.6 Å². The van der Waals surface area contributed by atoms with E-state index < -0.39 is 12.1 Å². The Kier molecular flexibility index (Phi) is 10.3. The van der Waals surface area contributed by atoms with Crippen molar-refractivity contribution in [3.05, 3.63) is 93.7 Å². The predicted molar refractivity (Wildman–Crippen MR) is 138 cm³/mol. The zero-order valence-corrected chi connectivity index (χ0v) is 20.2. The van der Waals surface area contributed by atoms with E-state index in [2.05, 4.69) is 22.8 Å². The van der Waals surface area contributed by atoms with Gasteiger partial charge < -0.3 is 22.1 Å². The van der Waals surface area contributed by atoms with Crippen molar-refractivity contribution < 1.29 is 9.59 Å². The zero-order valence-electron chi connectivity index (χ0n) is 19.4. The largest absolute Gasteiger partial charge is 0.354 e. The number of unbranched alkanes of at least 4 members (excludes halogenated alkanes) is 1. The maximum absolute atomic E-state index is 13.1. The molecule has 0 radical (unpaired) electrons. The number of amides is 2. The number of benzene rings is 2. The van der Waals surface area contributed by atoms with E-state index >= 15 is 0 Å². The second-order valence-electron chi connectivity index (χ2n) is 8.30. The summed E-state index contributed by atoms with van der Waals surface area (Å²) in [6, 6.07) is 21.6. The Labute approximate surface area is 205 Å². The van der Waals surface area contributed by atoms with Gasteiger partial charge in [0.25, 0.3) is 0 Å². The van der Waals surface area contributed by atoms with Gasteiger partial charge in [-0.05, 0) is 61.9 Å². The lowest BCUT2D eigenvalue weighted by Gasteiger charge is -2.21. The standard InChI is InChI=1S/C27H34N4O2S/c28-17-8-7-13-22-14-15-23(34-22)16-18-30-27(33)25(21-11-5-2-6-12-21)31-26(32)24(29)19-20-9-3-1-4-10-20/h1-6,9-12,14-15,24-25H,7-8,13,16-19,28-29H2,(H,30,33)(H,31,32)/t24-,25+/m0/s1. The first-order valence-corrected chi connectivity index (χ1v) is 12.6. The lowest BCUT2D eigenvalue weighted by atomic mass is 10.0. The van der Waals surface area contributed by atoms with E-state index in [9.17, 15) is 9.59 Å². The summed E-state index contributed by atoms with van der Waals surface area (Å²) in [5.41, 5.74) is 13.4. The lowest BCUT2D eigenvalue weighted by Crippen LogP contribution is -2.47. The van der Waals surface area contributed by atoms with Crippen LogP contribution in [0.3, 0.4) is 0 Å². The molecule has 0 fully saturated rings. The molecule has 0 unspecified atom stereocenters. The fourth-order valence-corrected chi connectivity index (χ4v) is 4.76. The Bertz CT molecular complexity index is 1020. The van der Waals surface area contributed by atoms with Crippen molar-refractivity contribution in [2.75, 3.05) is 13.1 Å². The number of rotatable bonds is 13. The smallest absolute Gasteiger partial charge is 0.247 e. The van der Waals surface area contributed by atoms with Crippen LogP contribution in [0.4, 0.5) is 0 Å². The molecule has 7 heteroatoms. The molecule has 0 aliphatic carbocycles. The first-order chi connectivity index (χ1) is 16.6. The molecule has 34 heavy (non-hydrogen) atoms. The number of nitrogens with one attached hydrogen (secondary N) is 2. The van der Waals surface area contributed by atoms with Crippen LogP contribution in [0.25, 0.3) is 0 Å². The summed E-state index contributed by atoms with van der Waals surface area (Å²) in [4.78, 5) is 28.4. The van der Waals surface area contributed by atoms with E-state index in [1.807, 2.05) is 60.7 Å². The quantitative estimate of drug-likeness (QED) is 0.283. The van der Waals surface area contributed by atoms with Gasteiger partial charge in [0.1, 0.15) is 6.04 Å². The second kappa shape index (κ2) is 13.6. The molecule has 0 aliphatic rings. The fraction of sp³-hybridized carbons (Fsp3) is 0.333. The Morgan fingerprint density at radius 2 is 1.47 bits per heavy atom. The first kappa shape index (κ1) is 25.6. The summed E-state index contributed by atoms with van der Waals surface area (Å²) in [5, 5.41) is 5.83. The van der Waals surface area contributed by atoms with Crippen LogP contribution in [0.5, 0.6) is 0 Å². The maximum Gasteiger partial charge on any atom is 0.247 e. The van der Waals surface area contributed by atoms with Crippen molar-refractivity contribution in [3.63, 3.8) is 0 Å². The molecule has 0 spiro atoms. The van der Waals surface area contributed by atoms with E-state index in [1.54, 1.807) is 11.3 Å². The summed E-state index contributed by atoms with van der Waals surface area (Å²) in [6.45, 7) is 1.22. The van der Waals surface area contributed by atoms with E-state index in [-0.39, 0.29) is 11.8 Å². The molecule has 2 amide bonds. The van der Waals surface area contributed by atoms with Crippen LogP contribution < -0.4 is 22.1 Å². The van der Waals surface area contributed by atoms with Crippen LogP contribution >= 0.6 is 11.3 Å². The minimum atomic E-state index is -0.800. The minimum Gasteiger partial charge on any atom is -0.354 e. The highest BCUT2D eigenvalue weighted by atomic mass is 32.1. The molecule has 2 atom stereocenters. The van der Waals surface area contributed by atoms with Gasteiger partial charge in [0.05, 0.1) is 6.04 Å². The van der Waals surface area contributed by atoms with Crippen LogP contribution in [-0.2, 0) is 28.9 Å². The summed E-state index contributed by atoms with van der Waals surface area (Å²) >= 11 is 1.78. The molecule has 1 heterocycles. The van der Waals surface area contributed by atoms with Crippen molar-refractivity contribution in [3.8, 4) is 0 Å². The molecule has 1 aromatic heterocycles. The van der Waals surface area contributed by atoms with Gasteiger partial charge in [-0.25, -0.2) is 0 Å². The maximum atomic E-state index is 13.1. The SMILES string of the molecule is NCCCCc1ccc(CCNC(=O)[C@H](NC(=O)[C@@H](N)Cc2ccccc2)c2ccccc2)s1. The Balaban J connectivity index is 1.56. The van der Waals surface area contributed by atoms with Crippen LogP contribution in [0, 0.1) is 0 Å². The van der Waals surface area contributed by atoms with E-state index in [0.717, 1.165) is 43.4 Å². The molecule has 6 N–H and O–H groups in total. The minimum absolute atomic E-state index is 0.244. The molecule has 3 aromatic rings. The number of hydrogen-bond acceptors (Lipinski definition) is 5. The van der Waals surface area contributed by atoms with Gasteiger partial charge in [0, 0.05) is 16.3 Å². The Morgan fingerprint density at radius 3 is 2.15 bits per heavy atom. The highest BCUT2D eigenvalue weighted by Crippen LogP contribution is 2.19. The summed E-state index contributed by atoms with van der Waals surface area (Å²) in [6.07, 6.45) is 4.32. The van der Waals surface area contributed by atoms with Gasteiger partial charge in [0.2, 0.25) is 11.8 Å². The normalized spacial score (nSPS) is 12.6. The summed E-state index contributed by atoms with van der Waals surface area (Å²) < 4.78 is 0. The van der Waals surface area contributed by atoms with Crippen molar-refractivity contribution in [2.45, 2.75) is 44.2 Å². The zero-order chi connectivity index (χ0) is 24.2. The number of nitrogens with two attached hydrogens (primary N) is 2. The average Bonchev–Trinajstić information content (AvgIpc) is 3.31. The van der Waals surface area contributed by atoms with E-state index in [0.29, 0.717) is 13.0 Å². The van der Waals surface area contributed by atoms with Gasteiger partial charge >= 0.3 is 0 Å². The average molecular weight is 479 g/mol. The van der Waals surface area contributed by atoms with Gasteiger partial charge in [-0.2, -0.15) is 0 Å². The van der Waals surface area contributed by atoms with E-state index in [4.69, 9.17) is 11.5 Å². The molecular formula is C27H34N4O2S. The van der Waals surface area contributed by atoms with Crippen LogP contribution in [-0.4, -0.2) is 30.9 Å². The third-order valence-electron chi connectivity index (χ3n) is 5.58. The second-order valence-corrected chi connectivity index (χ2v) is 9.56. The van der Waals surface area contributed by atoms with Crippen LogP contribution in [0.15, 0.2) is 72.8 Å². The lowest BCUT2D eigenvalue weighted by molar-refractivity contribution is -0.129. The molecule has 0 bridgehead atoms. The van der Waals surface area contributed by atoms with Crippen molar-refractivity contribution in [1.29, 1.82) is 0 Å². The number of carbonyl (C=O) groups excluding carboxylic acids is 2. The van der Waals surface area contributed by atoms with Gasteiger partial charge in [0.15, 0.2) is 0 Å². The molecule has 6 nitrogen and oxygen atoms in total. The molecule has 180 valence electrons.